The zero-order valence-corrected chi connectivity index (χ0v) is 18.4. The van der Waals surface area contributed by atoms with Crippen molar-refractivity contribution in [2.45, 2.75) is 24.5 Å². The Morgan fingerprint density at radius 2 is 2.03 bits per heavy atom. The van der Waals surface area contributed by atoms with Crippen molar-refractivity contribution in [1.29, 1.82) is 0 Å². The molecule has 4 saturated heterocycles. The number of alkyl halides is 1. The lowest BCUT2D eigenvalue weighted by Crippen LogP contribution is -2.64. The maximum absolute atomic E-state index is 15.0. The zero-order valence-electron chi connectivity index (χ0n) is 18.4. The Morgan fingerprint density at radius 1 is 1.24 bits per heavy atom. The zero-order chi connectivity index (χ0) is 23.3. The highest BCUT2D eigenvalue weighted by Crippen LogP contribution is 2.32. The molecule has 0 aliphatic carbocycles. The Morgan fingerprint density at radius 3 is 2.85 bits per heavy atom. The molecule has 5 heterocycles. The number of aromatic nitrogens is 1. The third-order valence-corrected chi connectivity index (χ3v) is 6.95. The normalized spacial score (nSPS) is 33.1. The molecule has 5 rings (SSSR count). The molecular weight excluding hydrogens is 436 g/mol. The summed E-state index contributed by atoms with van der Waals surface area (Å²) >= 11 is 0. The molecule has 5 atom stereocenters. The number of likely N-dealkylation sites (N-methyl/N-ethyl adjacent to an activating group) is 1. The number of nitrogens with zero attached hydrogens (tertiary/aromatic N) is 5. The van der Waals surface area contributed by atoms with Crippen molar-refractivity contribution in [3.8, 4) is 0 Å². The Labute approximate surface area is 190 Å². The van der Waals surface area contributed by atoms with E-state index in [2.05, 4.69) is 25.9 Å². The molecule has 13 heteroatoms. The van der Waals surface area contributed by atoms with E-state index in [4.69, 9.17) is 5.73 Å². The molecule has 4 fully saturated rings. The van der Waals surface area contributed by atoms with Gasteiger partial charge in [-0.15, -0.1) is 0 Å². The lowest BCUT2D eigenvalue weighted by molar-refractivity contribution is -0.140. The summed E-state index contributed by atoms with van der Waals surface area (Å²) < 4.78 is 28.7. The quantitative estimate of drug-likeness (QED) is 0.406. The van der Waals surface area contributed by atoms with Crippen LogP contribution in [0, 0.1) is 11.7 Å². The highest BCUT2D eigenvalue weighted by molar-refractivity contribution is 5.97. The van der Waals surface area contributed by atoms with Crippen LogP contribution >= 0.6 is 0 Å². The third kappa shape index (κ3) is 4.04. The number of rotatable bonds is 3. The topological polar surface area (TPSA) is 122 Å². The summed E-state index contributed by atoms with van der Waals surface area (Å²) in [5.74, 6) is -1.72. The van der Waals surface area contributed by atoms with E-state index in [1.807, 2.05) is 0 Å². The standard InChI is InChI=1S/C20H29F2N9O2/c1-28-2-3-29-4-5-30(10-14(29)20(28)33)16-12(22)7-24-8-13(16)26-19(32)15-17(23)27-31-9-11(21)6-25-18(15)31/h7-8,11,14-15,17-18,25,27H,2-6,9-10,23H2,1H3,(H,26,32). The minimum Gasteiger partial charge on any atom is -0.364 e. The fraction of sp³-hybridized carbons (Fsp3) is 0.650. The first-order valence-electron chi connectivity index (χ1n) is 11.2. The molecule has 0 spiro atoms. The van der Waals surface area contributed by atoms with Gasteiger partial charge >= 0.3 is 0 Å². The molecule has 5 unspecified atom stereocenters. The van der Waals surface area contributed by atoms with Crippen molar-refractivity contribution in [1.82, 2.24) is 30.5 Å². The monoisotopic (exact) mass is 465 g/mol. The van der Waals surface area contributed by atoms with Crippen LogP contribution < -0.4 is 26.7 Å². The minimum atomic E-state index is -1.07. The Kier molecular flexibility index (Phi) is 5.91. The van der Waals surface area contributed by atoms with Gasteiger partial charge < -0.3 is 20.9 Å². The van der Waals surface area contributed by atoms with Gasteiger partial charge in [-0.05, 0) is 0 Å². The van der Waals surface area contributed by atoms with Gasteiger partial charge in [-0.25, -0.2) is 19.2 Å². The van der Waals surface area contributed by atoms with Crippen LogP contribution in [0.1, 0.15) is 0 Å². The Hall–Kier alpha value is -2.45. The first-order valence-corrected chi connectivity index (χ1v) is 11.2. The lowest BCUT2D eigenvalue weighted by atomic mass is 10.0. The third-order valence-electron chi connectivity index (χ3n) is 6.95. The predicted molar refractivity (Wildman–Crippen MR) is 116 cm³/mol. The molecule has 1 aromatic heterocycles. The number of pyridine rings is 1. The van der Waals surface area contributed by atoms with E-state index >= 15 is 0 Å². The van der Waals surface area contributed by atoms with Gasteiger partial charge in [0.25, 0.3) is 0 Å². The molecule has 4 aliphatic rings. The van der Waals surface area contributed by atoms with Crippen LogP contribution in [-0.2, 0) is 9.59 Å². The minimum absolute atomic E-state index is 0.00337. The maximum Gasteiger partial charge on any atom is 0.241 e. The molecule has 0 saturated carbocycles. The molecule has 4 aliphatic heterocycles. The van der Waals surface area contributed by atoms with Crippen LogP contribution in [0.25, 0.3) is 0 Å². The van der Waals surface area contributed by atoms with E-state index in [9.17, 15) is 18.4 Å². The van der Waals surface area contributed by atoms with Gasteiger partial charge in [-0.3, -0.25) is 24.8 Å². The number of hydrazine groups is 1. The summed E-state index contributed by atoms with van der Waals surface area (Å²) in [6.45, 7) is 3.13. The van der Waals surface area contributed by atoms with Gasteiger partial charge in [0.1, 0.15) is 17.9 Å². The number of carbonyl (C=O) groups is 2. The average molecular weight is 466 g/mol. The predicted octanol–water partition coefficient (Wildman–Crippen LogP) is -1.89. The first-order chi connectivity index (χ1) is 15.8. The average Bonchev–Trinajstić information content (AvgIpc) is 3.11. The summed E-state index contributed by atoms with van der Waals surface area (Å²) in [6.07, 6.45) is 0.227. The van der Waals surface area contributed by atoms with Crippen LogP contribution in [0.2, 0.25) is 0 Å². The molecule has 1 aromatic rings. The van der Waals surface area contributed by atoms with Crippen LogP contribution in [0.4, 0.5) is 20.2 Å². The second-order valence-corrected chi connectivity index (χ2v) is 9.05. The highest BCUT2D eigenvalue weighted by Gasteiger charge is 2.47. The summed E-state index contributed by atoms with van der Waals surface area (Å²) in [5.41, 5.74) is 9.48. The number of carbonyl (C=O) groups excluding carboxylic acids is 2. The summed E-state index contributed by atoms with van der Waals surface area (Å²) in [6, 6.07) is -0.366. The van der Waals surface area contributed by atoms with Crippen LogP contribution in [0.5, 0.6) is 0 Å². The number of fused-ring (bicyclic) bond motifs is 2. The molecular formula is C20H29F2N9O2. The number of anilines is 2. The number of amides is 2. The van der Waals surface area contributed by atoms with E-state index in [1.165, 1.54) is 6.20 Å². The van der Waals surface area contributed by atoms with E-state index in [0.29, 0.717) is 26.2 Å². The molecule has 0 bridgehead atoms. The number of halogens is 2. The van der Waals surface area contributed by atoms with Gasteiger partial charge in [-0.1, -0.05) is 0 Å². The molecule has 2 amide bonds. The molecule has 180 valence electrons. The number of hydrogen-bond donors (Lipinski definition) is 4. The van der Waals surface area contributed by atoms with Crippen LogP contribution in [-0.4, -0.2) is 109 Å². The van der Waals surface area contributed by atoms with E-state index < -0.39 is 36.1 Å². The van der Waals surface area contributed by atoms with Gasteiger partial charge in [0.05, 0.1) is 36.3 Å². The number of nitrogens with one attached hydrogen (secondary N) is 3. The summed E-state index contributed by atoms with van der Waals surface area (Å²) in [7, 11) is 1.77. The number of piperazine rings is 2. The molecule has 11 nitrogen and oxygen atoms in total. The van der Waals surface area contributed by atoms with Gasteiger partial charge in [0, 0.05) is 52.9 Å². The van der Waals surface area contributed by atoms with Gasteiger partial charge in [0.2, 0.25) is 11.8 Å². The summed E-state index contributed by atoms with van der Waals surface area (Å²) in [5, 5.41) is 7.39. The molecule has 0 radical (unpaired) electrons. The Bertz CT molecular complexity index is 937. The summed E-state index contributed by atoms with van der Waals surface area (Å²) in [4.78, 5) is 35.4. The highest BCUT2D eigenvalue weighted by atomic mass is 19.1. The lowest BCUT2D eigenvalue weighted by Gasteiger charge is -2.46. The molecule has 5 N–H and O–H groups in total. The van der Waals surface area contributed by atoms with E-state index in [-0.39, 0.29) is 36.4 Å². The maximum atomic E-state index is 15.0. The first kappa shape index (κ1) is 22.3. The second kappa shape index (κ2) is 8.72. The van der Waals surface area contributed by atoms with Crippen LogP contribution in [0.3, 0.4) is 0 Å². The van der Waals surface area contributed by atoms with Crippen molar-refractivity contribution in [2.75, 3.05) is 63.1 Å². The SMILES string of the molecule is CN1CCN2CCN(c3c(F)cncc3NC(=O)C3C(N)NN4CC(F)CNC34)CC2C1=O. The van der Waals surface area contributed by atoms with Crippen molar-refractivity contribution >= 4 is 23.2 Å². The van der Waals surface area contributed by atoms with Crippen molar-refractivity contribution in [3.05, 3.63) is 18.2 Å². The largest absolute Gasteiger partial charge is 0.364 e. The number of nitrogens with two attached hydrogens (primary N) is 1. The smallest absolute Gasteiger partial charge is 0.241 e. The molecule has 0 aromatic carbocycles. The van der Waals surface area contributed by atoms with Gasteiger partial charge in [0.15, 0.2) is 5.82 Å². The fourth-order valence-corrected chi connectivity index (χ4v) is 5.20. The van der Waals surface area contributed by atoms with Crippen molar-refractivity contribution in [2.24, 2.45) is 11.7 Å². The Balaban J connectivity index is 1.36. The second-order valence-electron chi connectivity index (χ2n) is 9.05. The van der Waals surface area contributed by atoms with E-state index in [1.54, 1.807) is 21.9 Å². The van der Waals surface area contributed by atoms with Gasteiger partial charge in [-0.2, -0.15) is 0 Å². The van der Waals surface area contributed by atoms with Crippen LogP contribution in [0.15, 0.2) is 12.4 Å². The number of hydrogen-bond acceptors (Lipinski definition) is 9. The van der Waals surface area contributed by atoms with Crippen molar-refractivity contribution in [3.63, 3.8) is 0 Å². The van der Waals surface area contributed by atoms with Crippen molar-refractivity contribution < 1.29 is 18.4 Å². The van der Waals surface area contributed by atoms with E-state index in [0.717, 1.165) is 12.7 Å². The molecule has 33 heavy (non-hydrogen) atoms. The fourth-order valence-electron chi connectivity index (χ4n) is 5.20.